The van der Waals surface area contributed by atoms with E-state index in [1.165, 1.54) is 0 Å². The number of amides is 1. The molecule has 0 heterocycles. The molecule has 0 unspecified atom stereocenters. The summed E-state index contributed by atoms with van der Waals surface area (Å²) in [4.78, 5) is 25.1. The zero-order valence-electron chi connectivity index (χ0n) is 15.6. The maximum absolute atomic E-state index is 13.0. The molecule has 0 saturated heterocycles. The molecule has 138 valence electrons. The predicted octanol–water partition coefficient (Wildman–Crippen LogP) is 5.63. The van der Waals surface area contributed by atoms with Gasteiger partial charge in [-0.25, -0.2) is 4.79 Å². The molecule has 4 nitrogen and oxygen atoms in total. The first-order valence-electron chi connectivity index (χ1n) is 8.59. The van der Waals surface area contributed by atoms with Crippen LogP contribution in [0.25, 0.3) is 0 Å². The van der Waals surface area contributed by atoms with E-state index in [1.54, 1.807) is 26.8 Å². The molecular formula is C21H24INO3. The van der Waals surface area contributed by atoms with Crippen molar-refractivity contribution in [1.29, 1.82) is 0 Å². The summed E-state index contributed by atoms with van der Waals surface area (Å²) in [6, 6.07) is 13.4. The van der Waals surface area contributed by atoms with E-state index in [9.17, 15) is 9.59 Å². The second kappa shape index (κ2) is 8.66. The van der Waals surface area contributed by atoms with Crippen molar-refractivity contribution < 1.29 is 14.3 Å². The van der Waals surface area contributed by atoms with E-state index in [0.717, 1.165) is 14.7 Å². The largest absolute Gasteiger partial charge is 0.444 e. The molecule has 0 aliphatic carbocycles. The lowest BCUT2D eigenvalue weighted by molar-refractivity contribution is 0.0636. The molecule has 1 amide bonds. The highest BCUT2D eigenvalue weighted by molar-refractivity contribution is 14.1. The Bertz CT molecular complexity index is 792. The summed E-state index contributed by atoms with van der Waals surface area (Å²) in [5.41, 5.74) is 2.31. The summed E-state index contributed by atoms with van der Waals surface area (Å²) in [5, 5.41) is 2.73. The van der Waals surface area contributed by atoms with Crippen LogP contribution < -0.4 is 5.32 Å². The summed E-state index contributed by atoms with van der Waals surface area (Å²) in [6.45, 7) is 7.40. The van der Waals surface area contributed by atoms with E-state index < -0.39 is 11.7 Å². The Morgan fingerprint density at radius 3 is 2.31 bits per heavy atom. The topological polar surface area (TPSA) is 55.4 Å². The molecule has 0 aliphatic rings. The van der Waals surface area contributed by atoms with Gasteiger partial charge in [-0.15, -0.1) is 0 Å². The average Bonchev–Trinajstić information content (AvgIpc) is 2.54. The standard InChI is InChI=1S/C21H24INO3/c1-5-15-7-6-8-17(23-20(25)26-21(2,3)4)19(15)18(24)13-14-9-11-16(22)12-10-14/h6-12H,5,13H2,1-4H3,(H,23,25). The Morgan fingerprint density at radius 1 is 1.08 bits per heavy atom. The number of carbonyl (C=O) groups excluding carboxylic acids is 2. The summed E-state index contributed by atoms with van der Waals surface area (Å²) in [5.74, 6) is -0.0188. The maximum Gasteiger partial charge on any atom is 0.412 e. The number of carbonyl (C=O) groups is 2. The quantitative estimate of drug-likeness (QED) is 0.460. The Balaban J connectivity index is 2.29. The molecule has 0 saturated carbocycles. The van der Waals surface area contributed by atoms with Gasteiger partial charge in [0.25, 0.3) is 0 Å². The highest BCUT2D eigenvalue weighted by Gasteiger charge is 2.21. The summed E-state index contributed by atoms with van der Waals surface area (Å²) in [6.07, 6.45) is 0.434. The van der Waals surface area contributed by atoms with Gasteiger partial charge in [0, 0.05) is 15.6 Å². The third kappa shape index (κ3) is 5.83. The number of halogens is 1. The maximum atomic E-state index is 13.0. The van der Waals surface area contributed by atoms with Gasteiger partial charge >= 0.3 is 6.09 Å². The van der Waals surface area contributed by atoms with Crippen molar-refractivity contribution in [3.8, 4) is 0 Å². The first-order valence-corrected chi connectivity index (χ1v) is 9.67. The number of ether oxygens (including phenoxy) is 1. The van der Waals surface area contributed by atoms with Crippen LogP contribution in [0.3, 0.4) is 0 Å². The molecule has 1 N–H and O–H groups in total. The minimum absolute atomic E-state index is 0.0188. The molecule has 0 spiro atoms. The van der Waals surface area contributed by atoms with Crippen molar-refractivity contribution in [1.82, 2.24) is 0 Å². The van der Waals surface area contributed by atoms with Gasteiger partial charge in [0.15, 0.2) is 5.78 Å². The van der Waals surface area contributed by atoms with Crippen molar-refractivity contribution >= 4 is 40.2 Å². The molecule has 0 radical (unpaired) electrons. The smallest absolute Gasteiger partial charge is 0.412 e. The second-order valence-corrected chi connectivity index (χ2v) is 8.29. The normalized spacial score (nSPS) is 11.1. The van der Waals surface area contributed by atoms with Gasteiger partial charge in [-0.1, -0.05) is 31.2 Å². The van der Waals surface area contributed by atoms with Crippen LogP contribution >= 0.6 is 22.6 Å². The zero-order chi connectivity index (χ0) is 19.3. The third-order valence-corrected chi connectivity index (χ3v) is 4.44. The van der Waals surface area contributed by atoms with Crippen molar-refractivity contribution in [2.75, 3.05) is 5.32 Å². The van der Waals surface area contributed by atoms with Crippen LogP contribution in [-0.4, -0.2) is 17.5 Å². The number of hydrogen-bond acceptors (Lipinski definition) is 3. The minimum atomic E-state index is -0.599. The molecule has 0 bridgehead atoms. The highest BCUT2D eigenvalue weighted by Crippen LogP contribution is 2.24. The van der Waals surface area contributed by atoms with Gasteiger partial charge in [0.1, 0.15) is 5.60 Å². The number of aryl methyl sites for hydroxylation is 1. The van der Waals surface area contributed by atoms with E-state index in [4.69, 9.17) is 4.74 Å². The van der Waals surface area contributed by atoms with E-state index in [-0.39, 0.29) is 12.2 Å². The van der Waals surface area contributed by atoms with E-state index in [1.807, 2.05) is 43.3 Å². The Morgan fingerprint density at radius 2 is 1.73 bits per heavy atom. The van der Waals surface area contributed by atoms with Crippen LogP contribution in [0, 0.1) is 3.57 Å². The lowest BCUT2D eigenvalue weighted by Crippen LogP contribution is -2.28. The van der Waals surface area contributed by atoms with Crippen molar-refractivity contribution in [3.05, 3.63) is 62.7 Å². The van der Waals surface area contributed by atoms with Crippen LogP contribution in [0.1, 0.15) is 49.2 Å². The number of benzene rings is 2. The summed E-state index contributed by atoms with van der Waals surface area (Å²) >= 11 is 2.24. The second-order valence-electron chi connectivity index (χ2n) is 7.05. The number of hydrogen-bond donors (Lipinski definition) is 1. The van der Waals surface area contributed by atoms with Crippen LogP contribution in [-0.2, 0) is 17.6 Å². The van der Waals surface area contributed by atoms with E-state index >= 15 is 0 Å². The zero-order valence-corrected chi connectivity index (χ0v) is 17.7. The Hall–Kier alpha value is -1.89. The van der Waals surface area contributed by atoms with Crippen LogP contribution in [0.5, 0.6) is 0 Å². The predicted molar refractivity (Wildman–Crippen MR) is 113 cm³/mol. The Kier molecular flexibility index (Phi) is 6.81. The molecule has 2 aromatic carbocycles. The van der Waals surface area contributed by atoms with Gasteiger partial charge in [-0.3, -0.25) is 10.1 Å². The van der Waals surface area contributed by atoms with Crippen LogP contribution in [0.2, 0.25) is 0 Å². The minimum Gasteiger partial charge on any atom is -0.444 e. The molecular weight excluding hydrogens is 441 g/mol. The van der Waals surface area contributed by atoms with Crippen LogP contribution in [0.4, 0.5) is 10.5 Å². The number of Topliss-reactive ketones (excluding diaryl/α,β-unsaturated/α-hetero) is 1. The molecule has 2 rings (SSSR count). The van der Waals surface area contributed by atoms with Gasteiger partial charge in [-0.05, 0) is 79.1 Å². The lowest BCUT2D eigenvalue weighted by Gasteiger charge is -2.21. The fourth-order valence-electron chi connectivity index (χ4n) is 2.62. The highest BCUT2D eigenvalue weighted by atomic mass is 127. The molecule has 0 atom stereocenters. The number of ketones is 1. The number of rotatable bonds is 5. The van der Waals surface area contributed by atoms with Gasteiger partial charge < -0.3 is 4.74 Å². The van der Waals surface area contributed by atoms with Crippen molar-refractivity contribution in [3.63, 3.8) is 0 Å². The van der Waals surface area contributed by atoms with E-state index in [0.29, 0.717) is 17.7 Å². The summed E-state index contributed by atoms with van der Waals surface area (Å²) in [7, 11) is 0. The SMILES string of the molecule is CCc1cccc(NC(=O)OC(C)(C)C)c1C(=O)Cc1ccc(I)cc1. The molecule has 26 heavy (non-hydrogen) atoms. The van der Waals surface area contributed by atoms with Crippen LogP contribution in [0.15, 0.2) is 42.5 Å². The van der Waals surface area contributed by atoms with Crippen molar-refractivity contribution in [2.45, 2.75) is 46.1 Å². The third-order valence-electron chi connectivity index (χ3n) is 3.72. The molecule has 0 aliphatic heterocycles. The average molecular weight is 465 g/mol. The monoisotopic (exact) mass is 465 g/mol. The molecule has 0 fully saturated rings. The molecule has 0 aromatic heterocycles. The number of nitrogens with one attached hydrogen (secondary N) is 1. The number of anilines is 1. The van der Waals surface area contributed by atoms with Crippen molar-refractivity contribution in [2.24, 2.45) is 0 Å². The fourth-order valence-corrected chi connectivity index (χ4v) is 2.98. The lowest BCUT2D eigenvalue weighted by atomic mass is 9.95. The molecule has 2 aromatic rings. The van der Waals surface area contributed by atoms with Gasteiger partial charge in [0.2, 0.25) is 0 Å². The molecule has 5 heteroatoms. The van der Waals surface area contributed by atoms with Gasteiger partial charge in [0.05, 0.1) is 5.69 Å². The van der Waals surface area contributed by atoms with Gasteiger partial charge in [-0.2, -0.15) is 0 Å². The summed E-state index contributed by atoms with van der Waals surface area (Å²) < 4.78 is 6.44. The first kappa shape index (κ1) is 20.4. The fraction of sp³-hybridized carbons (Fsp3) is 0.333. The van der Waals surface area contributed by atoms with E-state index in [2.05, 4.69) is 27.9 Å². The Labute approximate surface area is 168 Å². The first-order chi connectivity index (χ1) is 12.2.